The SMILES string of the molecule is COc1ccc(C2C(C(=O)Nc3ccc4[nH]ccc4c3)c3ccccc3C(=O)N2C)cc1. The Balaban J connectivity index is 1.57. The molecule has 3 aromatic carbocycles. The van der Waals surface area contributed by atoms with Gasteiger partial charge in [0.15, 0.2) is 0 Å². The molecule has 2 N–H and O–H groups in total. The molecule has 1 aliphatic heterocycles. The van der Waals surface area contributed by atoms with Crippen LogP contribution in [0.2, 0.25) is 0 Å². The molecule has 0 bridgehead atoms. The molecular formula is C26H23N3O3. The summed E-state index contributed by atoms with van der Waals surface area (Å²) >= 11 is 0. The lowest BCUT2D eigenvalue weighted by Crippen LogP contribution is -2.44. The largest absolute Gasteiger partial charge is 0.497 e. The Morgan fingerprint density at radius 2 is 1.81 bits per heavy atom. The molecule has 6 heteroatoms. The summed E-state index contributed by atoms with van der Waals surface area (Å²) in [6, 6.07) is 22.1. The molecule has 2 atom stereocenters. The van der Waals surface area contributed by atoms with Crippen molar-refractivity contribution in [3.8, 4) is 5.75 Å². The van der Waals surface area contributed by atoms with E-state index < -0.39 is 12.0 Å². The fourth-order valence-corrected chi connectivity index (χ4v) is 4.53. The lowest BCUT2D eigenvalue weighted by atomic mass is 9.79. The van der Waals surface area contributed by atoms with Gasteiger partial charge in [-0.2, -0.15) is 0 Å². The average Bonchev–Trinajstić information content (AvgIpc) is 3.29. The number of amides is 2. The number of aromatic amines is 1. The number of ether oxygens (including phenoxy) is 1. The minimum atomic E-state index is -0.566. The predicted molar refractivity (Wildman–Crippen MR) is 124 cm³/mol. The number of aromatic nitrogens is 1. The predicted octanol–water partition coefficient (Wildman–Crippen LogP) is 4.73. The van der Waals surface area contributed by atoms with Gasteiger partial charge in [-0.3, -0.25) is 9.59 Å². The highest BCUT2D eigenvalue weighted by molar-refractivity contribution is 6.04. The molecule has 2 heterocycles. The maximum Gasteiger partial charge on any atom is 0.254 e. The number of H-pyrrole nitrogens is 1. The van der Waals surface area contributed by atoms with Crippen molar-refractivity contribution in [2.24, 2.45) is 0 Å². The lowest BCUT2D eigenvalue weighted by Gasteiger charge is -2.39. The van der Waals surface area contributed by atoms with Crippen LogP contribution in [-0.4, -0.2) is 35.9 Å². The van der Waals surface area contributed by atoms with Gasteiger partial charge in [0.05, 0.1) is 19.1 Å². The first kappa shape index (κ1) is 19.9. The molecule has 4 aromatic rings. The minimum absolute atomic E-state index is 0.0980. The van der Waals surface area contributed by atoms with Gasteiger partial charge in [0.2, 0.25) is 5.91 Å². The third kappa shape index (κ3) is 3.30. The maximum atomic E-state index is 13.7. The zero-order chi connectivity index (χ0) is 22.2. The van der Waals surface area contributed by atoms with E-state index in [9.17, 15) is 9.59 Å². The van der Waals surface area contributed by atoms with Crippen molar-refractivity contribution in [2.75, 3.05) is 19.5 Å². The van der Waals surface area contributed by atoms with E-state index in [1.807, 2.05) is 72.9 Å². The molecule has 2 unspecified atom stereocenters. The summed E-state index contributed by atoms with van der Waals surface area (Å²) in [5.41, 5.74) is 3.88. The molecule has 1 aliphatic rings. The normalized spacial score (nSPS) is 17.8. The number of hydrogen-bond acceptors (Lipinski definition) is 3. The Labute approximate surface area is 185 Å². The second-order valence-electron chi connectivity index (χ2n) is 7.97. The van der Waals surface area contributed by atoms with Crippen molar-refractivity contribution in [1.82, 2.24) is 9.88 Å². The summed E-state index contributed by atoms with van der Waals surface area (Å²) in [7, 11) is 3.36. The molecule has 0 fully saturated rings. The number of likely N-dealkylation sites (N-methyl/N-ethyl adjacent to an activating group) is 1. The zero-order valence-electron chi connectivity index (χ0n) is 17.8. The van der Waals surface area contributed by atoms with Gasteiger partial charge in [0.25, 0.3) is 5.91 Å². The lowest BCUT2D eigenvalue weighted by molar-refractivity contribution is -0.119. The number of carbonyl (C=O) groups is 2. The van der Waals surface area contributed by atoms with Crippen molar-refractivity contribution in [2.45, 2.75) is 12.0 Å². The second-order valence-corrected chi connectivity index (χ2v) is 7.97. The molecule has 0 radical (unpaired) electrons. The van der Waals surface area contributed by atoms with Gasteiger partial charge in [0, 0.05) is 35.4 Å². The van der Waals surface area contributed by atoms with E-state index in [2.05, 4.69) is 10.3 Å². The highest BCUT2D eigenvalue weighted by Gasteiger charge is 2.42. The van der Waals surface area contributed by atoms with Gasteiger partial charge < -0.3 is 19.9 Å². The molecule has 0 saturated carbocycles. The summed E-state index contributed by atoms with van der Waals surface area (Å²) in [4.78, 5) is 31.6. The number of benzene rings is 3. The molecule has 0 saturated heterocycles. The Morgan fingerprint density at radius 1 is 1.03 bits per heavy atom. The van der Waals surface area contributed by atoms with Crippen LogP contribution in [0.1, 0.15) is 33.4 Å². The first-order valence-corrected chi connectivity index (χ1v) is 10.4. The van der Waals surface area contributed by atoms with Crippen molar-refractivity contribution in [3.63, 3.8) is 0 Å². The summed E-state index contributed by atoms with van der Waals surface area (Å²) < 4.78 is 5.28. The Bertz CT molecular complexity index is 1310. The molecular weight excluding hydrogens is 402 g/mol. The second kappa shape index (κ2) is 7.89. The number of rotatable bonds is 4. The van der Waals surface area contributed by atoms with Crippen LogP contribution in [0, 0.1) is 0 Å². The highest BCUT2D eigenvalue weighted by Crippen LogP contribution is 2.42. The van der Waals surface area contributed by atoms with Crippen LogP contribution in [0.15, 0.2) is 79.0 Å². The van der Waals surface area contributed by atoms with Gasteiger partial charge >= 0.3 is 0 Å². The van der Waals surface area contributed by atoms with Gasteiger partial charge in [-0.05, 0) is 53.6 Å². The van der Waals surface area contributed by atoms with Crippen LogP contribution in [0.3, 0.4) is 0 Å². The summed E-state index contributed by atoms with van der Waals surface area (Å²) in [6.45, 7) is 0. The Morgan fingerprint density at radius 3 is 2.59 bits per heavy atom. The summed E-state index contributed by atoms with van der Waals surface area (Å²) in [5, 5.41) is 4.10. The highest BCUT2D eigenvalue weighted by atomic mass is 16.5. The minimum Gasteiger partial charge on any atom is -0.497 e. The molecule has 1 aromatic heterocycles. The number of carbonyl (C=O) groups excluding carboxylic acids is 2. The van der Waals surface area contributed by atoms with Crippen LogP contribution in [0.5, 0.6) is 5.75 Å². The van der Waals surface area contributed by atoms with E-state index in [-0.39, 0.29) is 11.8 Å². The van der Waals surface area contributed by atoms with Crippen LogP contribution < -0.4 is 10.1 Å². The maximum absolute atomic E-state index is 13.7. The summed E-state index contributed by atoms with van der Waals surface area (Å²) in [6.07, 6.45) is 1.87. The number of nitrogens with zero attached hydrogens (tertiary/aromatic N) is 1. The van der Waals surface area contributed by atoms with E-state index >= 15 is 0 Å². The number of fused-ring (bicyclic) bond motifs is 2. The van der Waals surface area contributed by atoms with Gasteiger partial charge in [-0.1, -0.05) is 30.3 Å². The molecule has 32 heavy (non-hydrogen) atoms. The number of nitrogens with one attached hydrogen (secondary N) is 2. The van der Waals surface area contributed by atoms with Gasteiger partial charge in [-0.15, -0.1) is 0 Å². The molecule has 0 spiro atoms. The average molecular weight is 425 g/mol. The zero-order valence-corrected chi connectivity index (χ0v) is 17.8. The van der Waals surface area contributed by atoms with Gasteiger partial charge in [-0.25, -0.2) is 0 Å². The van der Waals surface area contributed by atoms with Crippen LogP contribution in [0.4, 0.5) is 5.69 Å². The van der Waals surface area contributed by atoms with Crippen LogP contribution in [0.25, 0.3) is 10.9 Å². The van der Waals surface area contributed by atoms with E-state index in [4.69, 9.17) is 4.74 Å². The van der Waals surface area contributed by atoms with E-state index in [0.29, 0.717) is 11.3 Å². The third-order valence-corrected chi connectivity index (χ3v) is 6.14. The van der Waals surface area contributed by atoms with E-state index in [1.54, 1.807) is 25.1 Å². The van der Waals surface area contributed by atoms with Crippen LogP contribution in [-0.2, 0) is 4.79 Å². The van der Waals surface area contributed by atoms with Gasteiger partial charge in [0.1, 0.15) is 5.75 Å². The Kier molecular flexibility index (Phi) is 4.90. The summed E-state index contributed by atoms with van der Waals surface area (Å²) in [5.74, 6) is -0.101. The molecule has 160 valence electrons. The molecule has 5 rings (SSSR count). The van der Waals surface area contributed by atoms with E-state index in [1.165, 1.54) is 0 Å². The standard InChI is InChI=1S/C26H23N3O3/c1-29-24(16-7-10-19(32-2)11-8-16)23(20-5-3-4-6-21(20)26(29)31)25(30)28-18-9-12-22-17(15-18)13-14-27-22/h3-15,23-24,27H,1-2H3,(H,28,30). The molecule has 6 nitrogen and oxygen atoms in total. The molecule has 0 aliphatic carbocycles. The monoisotopic (exact) mass is 425 g/mol. The van der Waals surface area contributed by atoms with Crippen molar-refractivity contribution in [3.05, 3.63) is 95.7 Å². The van der Waals surface area contributed by atoms with Crippen LogP contribution >= 0.6 is 0 Å². The topological polar surface area (TPSA) is 74.4 Å². The molecule has 2 amide bonds. The first-order chi connectivity index (χ1) is 15.6. The van der Waals surface area contributed by atoms with Crippen molar-refractivity contribution >= 4 is 28.4 Å². The fourth-order valence-electron chi connectivity index (χ4n) is 4.53. The number of anilines is 1. The smallest absolute Gasteiger partial charge is 0.254 e. The fraction of sp³-hybridized carbons (Fsp3) is 0.154. The third-order valence-electron chi connectivity index (χ3n) is 6.14. The Hall–Kier alpha value is -4.06. The van der Waals surface area contributed by atoms with Crippen molar-refractivity contribution < 1.29 is 14.3 Å². The quantitative estimate of drug-likeness (QED) is 0.497. The first-order valence-electron chi connectivity index (χ1n) is 10.4. The number of methoxy groups -OCH3 is 1. The number of hydrogen-bond donors (Lipinski definition) is 2. The van der Waals surface area contributed by atoms with E-state index in [0.717, 1.165) is 27.8 Å². The van der Waals surface area contributed by atoms with Crippen molar-refractivity contribution in [1.29, 1.82) is 0 Å².